The molecule has 9 heteroatoms. The molecule has 0 spiro atoms. The fraction of sp³-hybridized carbons (Fsp3) is 0.524. The van der Waals surface area contributed by atoms with Gasteiger partial charge in [0.05, 0.1) is 12.0 Å². The maximum Gasteiger partial charge on any atom is 0.259 e. The highest BCUT2D eigenvalue weighted by Crippen LogP contribution is 2.34. The quantitative estimate of drug-likeness (QED) is 0.667. The second-order valence-electron chi connectivity index (χ2n) is 8.54. The van der Waals surface area contributed by atoms with Crippen LogP contribution in [0.5, 0.6) is 0 Å². The Kier molecular flexibility index (Phi) is 7.23. The summed E-state index contributed by atoms with van der Waals surface area (Å²) in [5.74, 6) is -1.27. The number of aryl methyl sites for hydroxylation is 1. The largest absolute Gasteiger partial charge is 0.385 e. The van der Waals surface area contributed by atoms with Crippen LogP contribution in [-0.2, 0) is 26.7 Å². The van der Waals surface area contributed by atoms with Crippen molar-refractivity contribution in [2.45, 2.75) is 76.5 Å². The molecular formula is C21H30FN3O3S2. The predicted octanol–water partition coefficient (Wildman–Crippen LogP) is 4.53. The lowest BCUT2D eigenvalue weighted by Gasteiger charge is -2.20. The van der Waals surface area contributed by atoms with E-state index in [1.54, 1.807) is 6.20 Å². The van der Waals surface area contributed by atoms with E-state index < -0.39 is 27.2 Å². The van der Waals surface area contributed by atoms with Crippen LogP contribution in [0.25, 0.3) is 0 Å². The molecule has 2 rings (SSSR count). The molecule has 0 fully saturated rings. The van der Waals surface area contributed by atoms with Crippen LogP contribution in [0.2, 0.25) is 0 Å². The zero-order valence-corrected chi connectivity index (χ0v) is 20.1. The number of hydrogen-bond donors (Lipinski definition) is 2. The monoisotopic (exact) mass is 455 g/mol. The van der Waals surface area contributed by atoms with Crippen molar-refractivity contribution in [1.82, 2.24) is 4.98 Å². The van der Waals surface area contributed by atoms with Crippen molar-refractivity contribution in [3.8, 4) is 0 Å². The fourth-order valence-corrected chi connectivity index (χ4v) is 5.79. The van der Waals surface area contributed by atoms with Gasteiger partial charge in [-0.05, 0) is 55.4 Å². The zero-order chi connectivity index (χ0) is 23.0. The summed E-state index contributed by atoms with van der Waals surface area (Å²) >= 11 is 0.759. The van der Waals surface area contributed by atoms with Crippen LogP contribution in [0.3, 0.4) is 0 Å². The lowest BCUT2D eigenvalue weighted by atomic mass is 9.87. The SMILES string of the molecule is Cc1ncc(C(C)C)c(CC(=O)N=S(N)(=O)c2sc(C(C)(C)O)cc2F)c1C(C)C. The van der Waals surface area contributed by atoms with Crippen molar-refractivity contribution < 1.29 is 18.5 Å². The number of carbonyl (C=O) groups is 1. The van der Waals surface area contributed by atoms with Crippen LogP contribution in [0, 0.1) is 12.7 Å². The van der Waals surface area contributed by atoms with Gasteiger partial charge < -0.3 is 5.11 Å². The molecule has 2 aromatic rings. The first-order valence-corrected chi connectivity index (χ1v) is 12.1. The first-order chi connectivity index (χ1) is 13.6. The van der Waals surface area contributed by atoms with Gasteiger partial charge in [0, 0.05) is 16.8 Å². The molecule has 0 saturated heterocycles. The Morgan fingerprint density at radius 3 is 2.40 bits per heavy atom. The van der Waals surface area contributed by atoms with E-state index in [0.29, 0.717) is 0 Å². The number of thiophene rings is 1. The van der Waals surface area contributed by atoms with E-state index in [2.05, 4.69) is 9.35 Å². The zero-order valence-electron chi connectivity index (χ0n) is 18.4. The molecule has 0 aliphatic carbocycles. The van der Waals surface area contributed by atoms with Crippen LogP contribution >= 0.6 is 11.3 Å². The Hall–Kier alpha value is -1.68. The maximum absolute atomic E-state index is 14.4. The summed E-state index contributed by atoms with van der Waals surface area (Å²) in [6.07, 6.45) is 1.66. The Balaban J connectivity index is 2.51. The normalized spacial score (nSPS) is 14.3. The van der Waals surface area contributed by atoms with E-state index in [4.69, 9.17) is 5.14 Å². The standard InChI is InChI=1S/C21H30FN3O3S2/c1-11(2)15-10-24-13(5)19(12(3)4)14(15)8-18(26)25-30(23,28)20-16(22)9-17(29-20)21(6,7)27/h9-12,27H,8H2,1-7H3,(H2,23,25,26,28). The Labute approximate surface area is 182 Å². The molecule has 0 aliphatic rings. The van der Waals surface area contributed by atoms with E-state index in [0.717, 1.165) is 39.8 Å². The summed E-state index contributed by atoms with van der Waals surface area (Å²) in [6, 6.07) is 1.08. The molecule has 30 heavy (non-hydrogen) atoms. The van der Waals surface area contributed by atoms with E-state index in [-0.39, 0.29) is 27.3 Å². The number of halogens is 1. The minimum Gasteiger partial charge on any atom is -0.385 e. The first-order valence-electron chi connectivity index (χ1n) is 9.73. The average Bonchev–Trinajstić information content (AvgIpc) is 2.96. The second kappa shape index (κ2) is 8.82. The van der Waals surface area contributed by atoms with Crippen molar-refractivity contribution in [2.75, 3.05) is 0 Å². The smallest absolute Gasteiger partial charge is 0.259 e. The lowest BCUT2D eigenvalue weighted by Crippen LogP contribution is -2.17. The molecule has 0 saturated carbocycles. The van der Waals surface area contributed by atoms with Gasteiger partial charge in [0.15, 0.2) is 19.9 Å². The minimum absolute atomic E-state index is 0.0933. The molecule has 2 aromatic heterocycles. The van der Waals surface area contributed by atoms with Gasteiger partial charge in [-0.2, -0.15) is 0 Å². The molecule has 1 atom stereocenters. The molecule has 3 N–H and O–H groups in total. The van der Waals surface area contributed by atoms with Crippen LogP contribution in [0.4, 0.5) is 4.39 Å². The molecule has 166 valence electrons. The summed E-state index contributed by atoms with van der Waals surface area (Å²) in [7, 11) is -3.78. The third-order valence-electron chi connectivity index (χ3n) is 4.75. The van der Waals surface area contributed by atoms with Crippen molar-refractivity contribution in [2.24, 2.45) is 9.50 Å². The fourth-order valence-electron chi connectivity index (χ4n) is 3.38. The number of amides is 1. The molecule has 1 amide bonds. The predicted molar refractivity (Wildman–Crippen MR) is 118 cm³/mol. The average molecular weight is 456 g/mol. The van der Waals surface area contributed by atoms with Gasteiger partial charge >= 0.3 is 0 Å². The molecular weight excluding hydrogens is 425 g/mol. The summed E-state index contributed by atoms with van der Waals surface area (Å²) < 4.78 is 30.6. The van der Waals surface area contributed by atoms with Gasteiger partial charge in [-0.3, -0.25) is 9.78 Å². The van der Waals surface area contributed by atoms with Gasteiger partial charge in [0.25, 0.3) is 5.91 Å². The van der Waals surface area contributed by atoms with E-state index >= 15 is 0 Å². The number of nitrogens with zero attached hydrogens (tertiary/aromatic N) is 2. The number of nitrogens with two attached hydrogens (primary N) is 1. The number of aliphatic hydroxyl groups is 1. The van der Waals surface area contributed by atoms with E-state index in [9.17, 15) is 18.5 Å². The number of pyridine rings is 1. The van der Waals surface area contributed by atoms with Crippen LogP contribution in [0.15, 0.2) is 20.8 Å². The molecule has 0 aromatic carbocycles. The van der Waals surface area contributed by atoms with Gasteiger partial charge in [-0.1, -0.05) is 27.7 Å². The number of rotatable bonds is 6. The minimum atomic E-state index is -3.78. The van der Waals surface area contributed by atoms with E-state index in [1.165, 1.54) is 13.8 Å². The van der Waals surface area contributed by atoms with Crippen molar-refractivity contribution >= 4 is 27.2 Å². The molecule has 0 bridgehead atoms. The lowest BCUT2D eigenvalue weighted by molar-refractivity contribution is -0.117. The van der Waals surface area contributed by atoms with Crippen molar-refractivity contribution in [3.63, 3.8) is 0 Å². The van der Waals surface area contributed by atoms with Gasteiger partial charge in [0.1, 0.15) is 0 Å². The highest BCUT2D eigenvalue weighted by atomic mass is 32.2. The van der Waals surface area contributed by atoms with Crippen LogP contribution in [0.1, 0.15) is 80.6 Å². The third kappa shape index (κ3) is 5.32. The van der Waals surface area contributed by atoms with Crippen LogP contribution < -0.4 is 5.14 Å². The van der Waals surface area contributed by atoms with Crippen LogP contribution in [-0.4, -0.2) is 20.2 Å². The molecule has 0 aliphatic heterocycles. The molecule has 2 heterocycles. The highest BCUT2D eigenvalue weighted by Gasteiger charge is 2.27. The number of aromatic nitrogens is 1. The first kappa shape index (κ1) is 24.6. The Bertz CT molecular complexity index is 1080. The highest BCUT2D eigenvalue weighted by molar-refractivity contribution is 7.93. The van der Waals surface area contributed by atoms with Gasteiger partial charge in [-0.25, -0.2) is 13.7 Å². The molecule has 1 unspecified atom stereocenters. The number of carbonyl (C=O) groups excluding carboxylic acids is 1. The molecule has 0 radical (unpaired) electrons. The van der Waals surface area contributed by atoms with Crippen molar-refractivity contribution in [1.29, 1.82) is 0 Å². The van der Waals surface area contributed by atoms with E-state index in [1.807, 2.05) is 34.6 Å². The molecule has 6 nitrogen and oxygen atoms in total. The summed E-state index contributed by atoms with van der Waals surface area (Å²) in [5, 5.41) is 15.9. The summed E-state index contributed by atoms with van der Waals surface area (Å²) in [6.45, 7) is 12.9. The van der Waals surface area contributed by atoms with Crippen molar-refractivity contribution in [3.05, 3.63) is 45.3 Å². The van der Waals surface area contributed by atoms with Gasteiger partial charge in [0.2, 0.25) is 0 Å². The Morgan fingerprint density at radius 2 is 1.93 bits per heavy atom. The summed E-state index contributed by atoms with van der Waals surface area (Å²) in [4.78, 5) is 17.5. The maximum atomic E-state index is 14.4. The second-order valence-corrected chi connectivity index (χ2v) is 11.6. The van der Waals surface area contributed by atoms with Gasteiger partial charge in [-0.15, -0.1) is 15.7 Å². The Morgan fingerprint density at radius 1 is 1.33 bits per heavy atom. The third-order valence-corrected chi connectivity index (χ3v) is 8.13. The topological polar surface area (TPSA) is 106 Å². The summed E-state index contributed by atoms with van der Waals surface area (Å²) in [5.41, 5.74) is 2.18. The number of hydrogen-bond acceptors (Lipinski definition) is 5.